The molecule has 144 valence electrons. The third-order valence-corrected chi connectivity index (χ3v) is 5.93. The van der Waals surface area contributed by atoms with Crippen molar-refractivity contribution in [1.82, 2.24) is 24.1 Å². The Labute approximate surface area is 163 Å². The van der Waals surface area contributed by atoms with Crippen molar-refractivity contribution in [3.8, 4) is 11.1 Å². The number of likely N-dealkylation sites (tertiary alicyclic amines) is 1. The highest BCUT2D eigenvalue weighted by Gasteiger charge is 2.22. The minimum atomic E-state index is -0.277. The second-order valence-electron chi connectivity index (χ2n) is 7.76. The van der Waals surface area contributed by atoms with Crippen LogP contribution in [-0.2, 0) is 7.05 Å². The minimum Gasteiger partial charge on any atom is -0.304 e. The zero-order valence-electron chi connectivity index (χ0n) is 16.3. The number of rotatable bonds is 3. The smallest absolute Gasteiger partial charge is 0.173 e. The van der Waals surface area contributed by atoms with Crippen molar-refractivity contribution in [2.75, 3.05) is 19.6 Å². The summed E-state index contributed by atoms with van der Waals surface area (Å²) in [4.78, 5) is 7.09. The maximum absolute atomic E-state index is 14.8. The van der Waals surface area contributed by atoms with Crippen LogP contribution in [0.2, 0.25) is 0 Å². The molecule has 6 heteroatoms. The highest BCUT2D eigenvalue weighted by molar-refractivity contribution is 5.84. The molecule has 0 saturated carbocycles. The molecule has 0 atom stereocenters. The minimum absolute atomic E-state index is 0.277. The number of aryl methyl sites for hydroxylation is 1. The van der Waals surface area contributed by atoms with Gasteiger partial charge in [-0.1, -0.05) is 13.0 Å². The Morgan fingerprint density at radius 2 is 1.89 bits per heavy atom. The Hall–Kier alpha value is -2.73. The van der Waals surface area contributed by atoms with Gasteiger partial charge in [-0.05, 0) is 56.2 Å². The lowest BCUT2D eigenvalue weighted by Crippen LogP contribution is -2.32. The van der Waals surface area contributed by atoms with E-state index < -0.39 is 0 Å². The van der Waals surface area contributed by atoms with Crippen molar-refractivity contribution in [2.24, 2.45) is 7.05 Å². The molecule has 4 heterocycles. The summed E-state index contributed by atoms with van der Waals surface area (Å²) in [5.41, 5.74) is 4.19. The van der Waals surface area contributed by atoms with E-state index in [4.69, 9.17) is 0 Å². The molecule has 4 aromatic rings. The maximum Gasteiger partial charge on any atom is 0.173 e. The molecule has 1 saturated heterocycles. The summed E-state index contributed by atoms with van der Waals surface area (Å²) in [6, 6.07) is 7.62. The fraction of sp³-hybridized carbons (Fsp3) is 0.364. The van der Waals surface area contributed by atoms with Crippen LogP contribution >= 0.6 is 0 Å². The summed E-state index contributed by atoms with van der Waals surface area (Å²) in [6.07, 6.45) is 8.14. The summed E-state index contributed by atoms with van der Waals surface area (Å²) in [6.45, 7) is 5.48. The quantitative estimate of drug-likeness (QED) is 0.536. The van der Waals surface area contributed by atoms with Crippen LogP contribution in [0.3, 0.4) is 0 Å². The zero-order chi connectivity index (χ0) is 19.3. The topological polar surface area (TPSA) is 38.4 Å². The first-order valence-electron chi connectivity index (χ1n) is 9.95. The lowest BCUT2D eigenvalue weighted by molar-refractivity contribution is 0.221. The number of fused-ring (bicyclic) bond motifs is 2. The molecule has 0 spiro atoms. The van der Waals surface area contributed by atoms with E-state index in [-0.39, 0.29) is 5.82 Å². The van der Waals surface area contributed by atoms with E-state index in [9.17, 15) is 4.39 Å². The summed E-state index contributed by atoms with van der Waals surface area (Å²) in [7, 11) is 1.91. The average Bonchev–Trinajstić information content (AvgIpc) is 3.30. The first-order chi connectivity index (χ1) is 13.6. The van der Waals surface area contributed by atoms with Crippen LogP contribution < -0.4 is 0 Å². The highest BCUT2D eigenvalue weighted by atomic mass is 19.1. The third-order valence-electron chi connectivity index (χ3n) is 5.93. The molecule has 28 heavy (non-hydrogen) atoms. The molecule has 1 aromatic carbocycles. The van der Waals surface area contributed by atoms with Gasteiger partial charge in [0.2, 0.25) is 0 Å². The number of hydrogen-bond donors (Lipinski definition) is 0. The van der Waals surface area contributed by atoms with E-state index in [0.29, 0.717) is 11.6 Å². The van der Waals surface area contributed by atoms with Crippen molar-refractivity contribution in [2.45, 2.75) is 25.7 Å². The molecule has 5 nitrogen and oxygen atoms in total. The molecule has 0 bridgehead atoms. The Morgan fingerprint density at radius 1 is 1.07 bits per heavy atom. The number of hydrogen-bond acceptors (Lipinski definition) is 3. The van der Waals surface area contributed by atoms with Crippen LogP contribution in [0.15, 0.2) is 42.9 Å². The van der Waals surface area contributed by atoms with Gasteiger partial charge in [0, 0.05) is 42.5 Å². The number of halogens is 1. The molecule has 0 radical (unpaired) electrons. The number of pyridine rings is 1. The highest BCUT2D eigenvalue weighted by Crippen LogP contribution is 2.30. The van der Waals surface area contributed by atoms with Crippen molar-refractivity contribution >= 4 is 16.6 Å². The number of benzene rings is 1. The van der Waals surface area contributed by atoms with Crippen molar-refractivity contribution < 1.29 is 4.39 Å². The van der Waals surface area contributed by atoms with Gasteiger partial charge in [-0.15, -0.1) is 0 Å². The molecule has 0 N–H and O–H groups in total. The molecular formula is C22H24FN5. The van der Waals surface area contributed by atoms with Crippen LogP contribution in [0.4, 0.5) is 4.39 Å². The largest absolute Gasteiger partial charge is 0.304 e. The van der Waals surface area contributed by atoms with Crippen LogP contribution in [0.5, 0.6) is 0 Å². The molecule has 1 aliphatic heterocycles. The Bertz CT molecular complexity index is 1150. The van der Waals surface area contributed by atoms with E-state index in [1.165, 1.54) is 0 Å². The monoisotopic (exact) mass is 377 g/mol. The fourth-order valence-corrected chi connectivity index (χ4v) is 4.30. The number of nitrogens with zero attached hydrogens (tertiary/aromatic N) is 5. The molecule has 3 aromatic heterocycles. The maximum atomic E-state index is 14.8. The van der Waals surface area contributed by atoms with Gasteiger partial charge in [0.05, 0.1) is 11.2 Å². The second kappa shape index (κ2) is 6.71. The lowest BCUT2D eigenvalue weighted by Gasteiger charge is -2.30. The van der Waals surface area contributed by atoms with Crippen molar-refractivity contribution in [3.63, 3.8) is 0 Å². The molecule has 1 aliphatic rings. The van der Waals surface area contributed by atoms with Crippen molar-refractivity contribution in [3.05, 3.63) is 54.4 Å². The molecule has 1 fully saturated rings. The molecule has 0 aliphatic carbocycles. The van der Waals surface area contributed by atoms with Gasteiger partial charge >= 0.3 is 0 Å². The summed E-state index contributed by atoms with van der Waals surface area (Å²) >= 11 is 0. The number of aromatic nitrogens is 4. The van der Waals surface area contributed by atoms with Gasteiger partial charge in [0.25, 0.3) is 0 Å². The van der Waals surface area contributed by atoms with Gasteiger partial charge in [-0.25, -0.2) is 9.37 Å². The second-order valence-corrected chi connectivity index (χ2v) is 7.76. The molecule has 0 unspecified atom stereocenters. The van der Waals surface area contributed by atoms with Gasteiger partial charge in [-0.3, -0.25) is 4.68 Å². The summed E-state index contributed by atoms with van der Waals surface area (Å²) in [5, 5.41) is 5.46. The number of imidazole rings is 1. The van der Waals surface area contributed by atoms with E-state index in [2.05, 4.69) is 28.0 Å². The van der Waals surface area contributed by atoms with Crippen LogP contribution in [-0.4, -0.2) is 43.7 Å². The Morgan fingerprint density at radius 3 is 2.68 bits per heavy atom. The van der Waals surface area contributed by atoms with E-state index in [1.807, 2.05) is 42.2 Å². The SMILES string of the molecule is CCN1CCC(c2cn3cc(-c4ccc5nn(C)cc5c4)cc(F)c3n2)CC1. The van der Waals surface area contributed by atoms with Gasteiger partial charge < -0.3 is 9.30 Å². The normalized spacial score (nSPS) is 16.4. The van der Waals surface area contributed by atoms with Crippen molar-refractivity contribution in [1.29, 1.82) is 0 Å². The first-order valence-corrected chi connectivity index (χ1v) is 9.95. The third kappa shape index (κ3) is 2.98. The summed E-state index contributed by atoms with van der Waals surface area (Å²) < 4.78 is 18.5. The van der Waals surface area contributed by atoms with Crippen LogP contribution in [0, 0.1) is 5.82 Å². The fourth-order valence-electron chi connectivity index (χ4n) is 4.30. The van der Waals surface area contributed by atoms with Gasteiger partial charge in [0.15, 0.2) is 11.5 Å². The number of piperidine rings is 1. The Balaban J connectivity index is 1.51. The summed E-state index contributed by atoms with van der Waals surface area (Å²) in [5.74, 6) is 0.137. The lowest BCUT2D eigenvalue weighted by atomic mass is 9.94. The predicted octanol–water partition coefficient (Wildman–Crippen LogP) is 4.23. The van der Waals surface area contributed by atoms with Gasteiger partial charge in [0.1, 0.15) is 0 Å². The molecule has 5 rings (SSSR count). The average molecular weight is 377 g/mol. The van der Waals surface area contributed by atoms with E-state index in [0.717, 1.165) is 60.2 Å². The van der Waals surface area contributed by atoms with Crippen LogP contribution in [0.25, 0.3) is 27.7 Å². The van der Waals surface area contributed by atoms with E-state index in [1.54, 1.807) is 10.7 Å². The van der Waals surface area contributed by atoms with Crippen LogP contribution in [0.1, 0.15) is 31.4 Å². The molecular weight excluding hydrogens is 353 g/mol. The Kier molecular flexibility index (Phi) is 4.16. The molecule has 0 amide bonds. The standard InChI is InChI=1S/C22H24FN5/c1-3-27-8-6-15(7-9-27)21-14-28-13-17(11-19(23)22(28)24-21)16-4-5-20-18(10-16)12-26(2)25-20/h4-5,10-15H,3,6-9H2,1-2H3. The van der Waals surface area contributed by atoms with E-state index >= 15 is 0 Å². The first kappa shape index (κ1) is 17.4. The van der Waals surface area contributed by atoms with Gasteiger partial charge in [-0.2, -0.15) is 5.10 Å². The zero-order valence-corrected chi connectivity index (χ0v) is 16.3. The predicted molar refractivity (Wildman–Crippen MR) is 109 cm³/mol.